The molecular formula is C30H51F. The minimum absolute atomic E-state index is 0. The van der Waals surface area contributed by atoms with Gasteiger partial charge in [-0.2, -0.15) is 0 Å². The van der Waals surface area contributed by atoms with Crippen LogP contribution in [-0.2, 0) is 0 Å². The van der Waals surface area contributed by atoms with Gasteiger partial charge in [-0.05, 0) is 120 Å². The summed E-state index contributed by atoms with van der Waals surface area (Å²) in [4.78, 5) is 0. The molecule has 0 amide bonds. The Bertz CT molecular complexity index is 584. The molecule has 0 saturated heterocycles. The van der Waals surface area contributed by atoms with Crippen LogP contribution in [0.1, 0.15) is 120 Å². The van der Waals surface area contributed by atoms with Gasteiger partial charge in [-0.3, -0.25) is 4.70 Å². The van der Waals surface area contributed by atoms with Gasteiger partial charge >= 0.3 is 0 Å². The third-order valence-corrected chi connectivity index (χ3v) is 5.40. The maximum absolute atomic E-state index is 2.43. The predicted molar refractivity (Wildman–Crippen MR) is 143 cm³/mol. The van der Waals surface area contributed by atoms with Gasteiger partial charge in [-0.25, -0.2) is 0 Å². The van der Waals surface area contributed by atoms with Crippen LogP contribution in [0.2, 0.25) is 0 Å². The maximum atomic E-state index is 2.43. The van der Waals surface area contributed by atoms with Crippen molar-refractivity contribution in [2.24, 2.45) is 0 Å². The van der Waals surface area contributed by atoms with Gasteiger partial charge in [0.2, 0.25) is 0 Å². The van der Waals surface area contributed by atoms with Gasteiger partial charge < -0.3 is 0 Å². The topological polar surface area (TPSA) is 0 Å². The van der Waals surface area contributed by atoms with Crippen LogP contribution in [0.3, 0.4) is 0 Å². The van der Waals surface area contributed by atoms with E-state index in [1.807, 2.05) is 0 Å². The van der Waals surface area contributed by atoms with E-state index in [2.05, 4.69) is 91.8 Å². The first-order valence-electron chi connectivity index (χ1n) is 12.1. The lowest BCUT2D eigenvalue weighted by atomic mass is 10.0. The fourth-order valence-corrected chi connectivity index (χ4v) is 3.34. The highest BCUT2D eigenvalue weighted by Crippen LogP contribution is 2.14. The lowest BCUT2D eigenvalue weighted by Crippen LogP contribution is -1.82. The summed E-state index contributed by atoms with van der Waals surface area (Å²) in [6.45, 7) is 17.8. The van der Waals surface area contributed by atoms with Gasteiger partial charge in [0.25, 0.3) is 0 Å². The van der Waals surface area contributed by atoms with Crippen LogP contribution in [0.5, 0.6) is 0 Å². The van der Waals surface area contributed by atoms with Crippen LogP contribution in [0.25, 0.3) is 0 Å². The van der Waals surface area contributed by atoms with Crippen LogP contribution >= 0.6 is 0 Å². The third kappa shape index (κ3) is 22.9. The Morgan fingerprint density at radius 1 is 0.355 bits per heavy atom. The Balaban J connectivity index is 0. The van der Waals surface area contributed by atoms with Crippen LogP contribution in [-0.4, -0.2) is 0 Å². The smallest absolute Gasteiger partial charge is 0.0288 e. The Morgan fingerprint density at radius 3 is 0.839 bits per heavy atom. The van der Waals surface area contributed by atoms with Crippen molar-refractivity contribution >= 4 is 0 Å². The van der Waals surface area contributed by atoms with Crippen molar-refractivity contribution in [1.29, 1.82) is 0 Å². The molecule has 0 aromatic carbocycles. The fourth-order valence-electron chi connectivity index (χ4n) is 3.34. The van der Waals surface area contributed by atoms with Gasteiger partial charge in [-0.1, -0.05) is 69.9 Å². The Morgan fingerprint density at radius 2 is 0.581 bits per heavy atom. The monoisotopic (exact) mass is 430 g/mol. The number of rotatable bonds is 15. The Kier molecular flexibility index (Phi) is 20.6. The molecule has 0 saturated carbocycles. The Hall–Kier alpha value is -1.63. The molecule has 0 aromatic heterocycles. The second kappa shape index (κ2) is 20.3. The van der Waals surface area contributed by atoms with Gasteiger partial charge in [0.15, 0.2) is 0 Å². The average Bonchev–Trinajstić information content (AvgIpc) is 2.64. The van der Waals surface area contributed by atoms with Crippen LogP contribution in [0.15, 0.2) is 69.9 Å². The van der Waals surface area contributed by atoms with Gasteiger partial charge in [0, 0.05) is 0 Å². The van der Waals surface area contributed by atoms with Crippen molar-refractivity contribution in [3.8, 4) is 0 Å². The first-order valence-corrected chi connectivity index (χ1v) is 12.1. The normalized spacial score (nSPS) is 13.0. The molecule has 1 heteroatoms. The van der Waals surface area contributed by atoms with E-state index >= 15 is 0 Å². The summed E-state index contributed by atoms with van der Waals surface area (Å²) >= 11 is 0. The molecular weight excluding hydrogens is 379 g/mol. The maximum Gasteiger partial charge on any atom is -0.0288 e. The molecule has 31 heavy (non-hydrogen) atoms. The molecule has 0 bridgehead atoms. The van der Waals surface area contributed by atoms with E-state index in [1.165, 1.54) is 97.6 Å². The molecule has 0 aliphatic heterocycles. The molecule has 0 fully saturated rings. The molecule has 0 nitrogen and oxygen atoms in total. The van der Waals surface area contributed by atoms with E-state index in [-0.39, 0.29) is 4.70 Å². The van der Waals surface area contributed by atoms with E-state index in [4.69, 9.17) is 0 Å². The molecule has 0 spiro atoms. The minimum atomic E-state index is 0. The summed E-state index contributed by atoms with van der Waals surface area (Å²) in [5, 5.41) is 0. The summed E-state index contributed by atoms with van der Waals surface area (Å²) in [5.74, 6) is 0. The number of unbranched alkanes of at least 4 members (excludes halogenated alkanes) is 1. The van der Waals surface area contributed by atoms with Crippen LogP contribution in [0, 0.1) is 0 Å². The van der Waals surface area contributed by atoms with Crippen molar-refractivity contribution in [3.63, 3.8) is 0 Å². The van der Waals surface area contributed by atoms with Crippen molar-refractivity contribution in [2.75, 3.05) is 0 Å². The summed E-state index contributed by atoms with van der Waals surface area (Å²) in [7, 11) is 0. The van der Waals surface area contributed by atoms with Crippen molar-refractivity contribution in [1.82, 2.24) is 0 Å². The fraction of sp³-hybridized carbons (Fsp3) is 0.600. The van der Waals surface area contributed by atoms with Crippen molar-refractivity contribution in [2.45, 2.75) is 120 Å². The van der Waals surface area contributed by atoms with E-state index in [0.29, 0.717) is 0 Å². The SMILES string of the molecule is CC(C)=CCC/C(C)=C/CC/C(C)=C/CC/C=C(\C)CC/C=C(\C)CCC=C(C)C.F. The number of hydrogen-bond donors (Lipinski definition) is 0. The van der Waals surface area contributed by atoms with Crippen LogP contribution in [0.4, 0.5) is 4.70 Å². The van der Waals surface area contributed by atoms with Gasteiger partial charge in [-0.15, -0.1) is 0 Å². The molecule has 0 aliphatic rings. The zero-order valence-electron chi connectivity index (χ0n) is 21.9. The summed E-state index contributed by atoms with van der Waals surface area (Å²) in [6.07, 6.45) is 26.2. The number of hydrogen-bond acceptors (Lipinski definition) is 0. The molecule has 0 aliphatic carbocycles. The second-order valence-electron chi connectivity index (χ2n) is 9.50. The number of halogens is 1. The Labute approximate surface area is 194 Å². The standard InChI is InChI=1S/C30H50.FH/c1-25(2)15-11-19-29(7)23-13-21-27(5)17-9-10-18-28(6)22-14-24-30(8)20-12-16-26(3)4;/h15-18,23-24H,9-14,19-22H2,1-8H3;1H/b27-17+,28-18+,29-23+,30-24+;. The van der Waals surface area contributed by atoms with Gasteiger partial charge in [0.05, 0.1) is 0 Å². The van der Waals surface area contributed by atoms with E-state index in [9.17, 15) is 0 Å². The second-order valence-corrected chi connectivity index (χ2v) is 9.50. The summed E-state index contributed by atoms with van der Waals surface area (Å²) < 4.78 is 0. The molecule has 0 atom stereocenters. The van der Waals surface area contributed by atoms with Crippen LogP contribution < -0.4 is 0 Å². The highest BCUT2D eigenvalue weighted by Gasteiger charge is 1.94. The van der Waals surface area contributed by atoms with Crippen molar-refractivity contribution in [3.05, 3.63) is 69.9 Å². The predicted octanol–water partition coefficient (Wildman–Crippen LogP) is 10.8. The first kappa shape index (κ1) is 31.6. The molecule has 0 N–H and O–H groups in total. The van der Waals surface area contributed by atoms with E-state index < -0.39 is 0 Å². The first-order chi connectivity index (χ1) is 14.2. The molecule has 0 radical (unpaired) electrons. The molecule has 178 valence electrons. The zero-order valence-corrected chi connectivity index (χ0v) is 21.9. The highest BCUT2D eigenvalue weighted by atomic mass is 19.0. The molecule has 0 unspecified atom stereocenters. The van der Waals surface area contributed by atoms with E-state index in [0.717, 1.165) is 0 Å². The largest absolute Gasteiger partial charge is 0.269 e. The minimum Gasteiger partial charge on any atom is -0.269 e. The molecule has 0 rings (SSSR count). The molecule has 0 aromatic rings. The molecule has 0 heterocycles. The quantitative estimate of drug-likeness (QED) is 0.179. The van der Waals surface area contributed by atoms with E-state index in [1.54, 1.807) is 0 Å². The zero-order chi connectivity index (χ0) is 22.8. The third-order valence-electron chi connectivity index (χ3n) is 5.40. The highest BCUT2D eigenvalue weighted by molar-refractivity contribution is 5.08. The lowest BCUT2D eigenvalue weighted by molar-refractivity contribution is 0.896. The summed E-state index contributed by atoms with van der Waals surface area (Å²) in [6, 6.07) is 0. The summed E-state index contributed by atoms with van der Waals surface area (Å²) in [5.41, 5.74) is 8.97. The van der Waals surface area contributed by atoms with Crippen molar-refractivity contribution < 1.29 is 4.70 Å². The lowest BCUT2D eigenvalue weighted by Gasteiger charge is -2.02. The number of allylic oxidation sites excluding steroid dienone is 12. The average molecular weight is 431 g/mol. The van der Waals surface area contributed by atoms with Gasteiger partial charge in [0.1, 0.15) is 0 Å².